The molecule has 0 spiro atoms. The van der Waals surface area contributed by atoms with Crippen molar-refractivity contribution in [3.8, 4) is 0 Å². The number of aromatic nitrogens is 1. The van der Waals surface area contributed by atoms with Gasteiger partial charge in [-0.15, -0.1) is 11.3 Å². The van der Waals surface area contributed by atoms with Gasteiger partial charge in [-0.05, 0) is 25.7 Å². The van der Waals surface area contributed by atoms with Gasteiger partial charge < -0.3 is 4.90 Å². The van der Waals surface area contributed by atoms with Gasteiger partial charge in [-0.25, -0.2) is 4.98 Å². The van der Waals surface area contributed by atoms with E-state index in [0.717, 1.165) is 0 Å². The Labute approximate surface area is 106 Å². The average Bonchev–Trinajstić information content (AvgIpc) is 3.04. The molecule has 2 fully saturated rings. The molecule has 0 N–H and O–H groups in total. The Balaban J connectivity index is 1.77. The zero-order chi connectivity index (χ0) is 11.7. The summed E-state index contributed by atoms with van der Waals surface area (Å²) in [5.41, 5.74) is 2.39. The van der Waals surface area contributed by atoms with Gasteiger partial charge in [0.1, 0.15) is 5.69 Å². The van der Waals surface area contributed by atoms with E-state index in [1.165, 1.54) is 56.3 Å². The van der Waals surface area contributed by atoms with E-state index in [1.54, 1.807) is 5.51 Å². The molecule has 0 bridgehead atoms. The van der Waals surface area contributed by atoms with Gasteiger partial charge in [0, 0.05) is 17.5 Å². The molecule has 2 aliphatic rings. The summed E-state index contributed by atoms with van der Waals surface area (Å²) >= 11 is 1.51. The third-order valence-corrected chi connectivity index (χ3v) is 4.38. The SMILES string of the molecule is O=C(c1cscn1)N(C1CCCCC1)C1CC1. The van der Waals surface area contributed by atoms with E-state index in [1.807, 2.05) is 5.38 Å². The van der Waals surface area contributed by atoms with Crippen LogP contribution in [0.5, 0.6) is 0 Å². The van der Waals surface area contributed by atoms with Gasteiger partial charge in [0.2, 0.25) is 0 Å². The van der Waals surface area contributed by atoms with Gasteiger partial charge in [0.25, 0.3) is 5.91 Å². The average molecular weight is 250 g/mol. The summed E-state index contributed by atoms with van der Waals surface area (Å²) in [6.45, 7) is 0. The molecule has 3 nitrogen and oxygen atoms in total. The summed E-state index contributed by atoms with van der Waals surface area (Å²) in [6.07, 6.45) is 8.63. The van der Waals surface area contributed by atoms with Crippen LogP contribution >= 0.6 is 11.3 Å². The summed E-state index contributed by atoms with van der Waals surface area (Å²) in [4.78, 5) is 18.8. The highest BCUT2D eigenvalue weighted by Crippen LogP contribution is 2.34. The van der Waals surface area contributed by atoms with Crippen molar-refractivity contribution in [2.45, 2.75) is 57.0 Å². The van der Waals surface area contributed by atoms with Crippen LogP contribution in [-0.4, -0.2) is 27.9 Å². The first-order valence-electron chi connectivity index (χ1n) is 6.57. The van der Waals surface area contributed by atoms with E-state index >= 15 is 0 Å². The third kappa shape index (κ3) is 2.37. The molecule has 92 valence electrons. The van der Waals surface area contributed by atoms with Crippen LogP contribution in [0, 0.1) is 0 Å². The fourth-order valence-corrected chi connectivity index (χ4v) is 3.32. The molecular weight excluding hydrogens is 232 g/mol. The smallest absolute Gasteiger partial charge is 0.273 e. The lowest BCUT2D eigenvalue weighted by atomic mass is 9.94. The van der Waals surface area contributed by atoms with Crippen molar-refractivity contribution in [3.63, 3.8) is 0 Å². The van der Waals surface area contributed by atoms with Crippen LogP contribution in [0.15, 0.2) is 10.9 Å². The molecule has 2 aliphatic carbocycles. The molecule has 4 heteroatoms. The van der Waals surface area contributed by atoms with Crippen LogP contribution in [0.3, 0.4) is 0 Å². The van der Waals surface area contributed by atoms with Gasteiger partial charge in [-0.1, -0.05) is 19.3 Å². The lowest BCUT2D eigenvalue weighted by Gasteiger charge is -2.34. The second-order valence-electron chi connectivity index (χ2n) is 5.11. The van der Waals surface area contributed by atoms with Gasteiger partial charge in [0.15, 0.2) is 0 Å². The van der Waals surface area contributed by atoms with E-state index in [-0.39, 0.29) is 5.91 Å². The van der Waals surface area contributed by atoms with Crippen molar-refractivity contribution in [1.29, 1.82) is 0 Å². The molecule has 17 heavy (non-hydrogen) atoms. The Kier molecular flexibility index (Phi) is 3.14. The summed E-state index contributed by atoms with van der Waals surface area (Å²) in [7, 11) is 0. The molecule has 0 aliphatic heterocycles. The zero-order valence-corrected chi connectivity index (χ0v) is 10.8. The first-order chi connectivity index (χ1) is 8.36. The van der Waals surface area contributed by atoms with Crippen molar-refractivity contribution in [2.24, 2.45) is 0 Å². The molecule has 2 saturated carbocycles. The largest absolute Gasteiger partial charge is 0.331 e. The van der Waals surface area contributed by atoms with Crippen LogP contribution in [0.1, 0.15) is 55.4 Å². The fourth-order valence-electron chi connectivity index (χ4n) is 2.79. The normalized spacial score (nSPS) is 21.4. The first-order valence-corrected chi connectivity index (χ1v) is 7.51. The molecule has 0 aromatic carbocycles. The minimum absolute atomic E-state index is 0.167. The second-order valence-corrected chi connectivity index (χ2v) is 5.83. The van der Waals surface area contributed by atoms with E-state index in [0.29, 0.717) is 17.8 Å². The topological polar surface area (TPSA) is 33.2 Å². The fraction of sp³-hybridized carbons (Fsp3) is 0.692. The quantitative estimate of drug-likeness (QED) is 0.826. The minimum Gasteiger partial charge on any atom is -0.331 e. The van der Waals surface area contributed by atoms with Crippen molar-refractivity contribution in [1.82, 2.24) is 9.88 Å². The van der Waals surface area contributed by atoms with E-state index < -0.39 is 0 Å². The molecule has 0 atom stereocenters. The van der Waals surface area contributed by atoms with Crippen molar-refractivity contribution in [2.75, 3.05) is 0 Å². The third-order valence-electron chi connectivity index (χ3n) is 3.79. The highest BCUT2D eigenvalue weighted by atomic mass is 32.1. The van der Waals surface area contributed by atoms with Crippen LogP contribution < -0.4 is 0 Å². The molecule has 0 radical (unpaired) electrons. The number of carbonyl (C=O) groups excluding carboxylic acids is 1. The molecule has 0 unspecified atom stereocenters. The maximum absolute atomic E-state index is 12.5. The predicted molar refractivity (Wildman–Crippen MR) is 68.2 cm³/mol. The number of nitrogens with zero attached hydrogens (tertiary/aromatic N) is 2. The van der Waals surface area contributed by atoms with Crippen molar-refractivity contribution in [3.05, 3.63) is 16.6 Å². The molecule has 3 rings (SSSR count). The Morgan fingerprint density at radius 2 is 1.88 bits per heavy atom. The lowest BCUT2D eigenvalue weighted by molar-refractivity contribution is 0.0608. The summed E-state index contributed by atoms with van der Waals surface area (Å²) in [5.74, 6) is 0.167. The molecule has 0 saturated heterocycles. The standard InChI is InChI=1S/C13H18N2OS/c16-13(12-8-17-9-14-12)15(11-6-7-11)10-4-2-1-3-5-10/h8-11H,1-7H2. The molecular formula is C13H18N2OS. The number of carbonyl (C=O) groups is 1. The van der Waals surface area contributed by atoms with E-state index in [2.05, 4.69) is 9.88 Å². The molecule has 1 aromatic heterocycles. The molecule has 1 heterocycles. The Morgan fingerprint density at radius 1 is 1.18 bits per heavy atom. The van der Waals surface area contributed by atoms with Crippen LogP contribution in [0.4, 0.5) is 0 Å². The number of rotatable bonds is 3. The van der Waals surface area contributed by atoms with Crippen LogP contribution in [0.2, 0.25) is 0 Å². The maximum Gasteiger partial charge on any atom is 0.273 e. The van der Waals surface area contributed by atoms with Crippen LogP contribution in [-0.2, 0) is 0 Å². The number of hydrogen-bond donors (Lipinski definition) is 0. The van der Waals surface area contributed by atoms with Gasteiger partial charge in [0.05, 0.1) is 5.51 Å². The van der Waals surface area contributed by atoms with Crippen LogP contribution in [0.25, 0.3) is 0 Å². The first kappa shape index (κ1) is 11.2. The number of thiazole rings is 1. The Hall–Kier alpha value is -0.900. The maximum atomic E-state index is 12.5. The second kappa shape index (κ2) is 4.77. The minimum atomic E-state index is 0.167. The zero-order valence-electron chi connectivity index (χ0n) is 9.97. The Bertz CT molecular complexity index is 380. The highest BCUT2D eigenvalue weighted by Gasteiger charge is 2.38. The summed E-state index contributed by atoms with van der Waals surface area (Å²) in [6, 6.07) is 0.984. The summed E-state index contributed by atoms with van der Waals surface area (Å²) in [5, 5.41) is 1.88. The van der Waals surface area contributed by atoms with Gasteiger partial charge in [-0.2, -0.15) is 0 Å². The monoisotopic (exact) mass is 250 g/mol. The van der Waals surface area contributed by atoms with E-state index in [9.17, 15) is 4.79 Å². The highest BCUT2D eigenvalue weighted by molar-refractivity contribution is 7.07. The van der Waals surface area contributed by atoms with Gasteiger partial charge >= 0.3 is 0 Å². The van der Waals surface area contributed by atoms with Crippen molar-refractivity contribution < 1.29 is 4.79 Å². The van der Waals surface area contributed by atoms with Crippen molar-refractivity contribution >= 4 is 17.2 Å². The number of hydrogen-bond acceptors (Lipinski definition) is 3. The predicted octanol–water partition coefficient (Wildman–Crippen LogP) is 3.08. The van der Waals surface area contributed by atoms with Gasteiger partial charge in [-0.3, -0.25) is 4.79 Å². The number of amides is 1. The molecule has 1 aromatic rings. The Morgan fingerprint density at radius 3 is 2.47 bits per heavy atom. The lowest BCUT2D eigenvalue weighted by Crippen LogP contribution is -2.43. The summed E-state index contributed by atoms with van der Waals surface area (Å²) < 4.78 is 0. The molecule has 1 amide bonds. The van der Waals surface area contributed by atoms with E-state index in [4.69, 9.17) is 0 Å².